The summed E-state index contributed by atoms with van der Waals surface area (Å²) < 4.78 is 0. The van der Waals surface area contributed by atoms with E-state index in [1.165, 1.54) is 0 Å². The fraction of sp³-hybridized carbons (Fsp3) is 0.429. The van der Waals surface area contributed by atoms with Gasteiger partial charge in [-0.1, -0.05) is 6.92 Å². The lowest BCUT2D eigenvalue weighted by molar-refractivity contribution is 0.0782. The lowest BCUT2D eigenvalue weighted by Crippen LogP contribution is -2.27. The van der Waals surface area contributed by atoms with Gasteiger partial charge in [-0.25, -0.2) is 4.98 Å². The molecule has 0 bridgehead atoms. The van der Waals surface area contributed by atoms with Gasteiger partial charge in [0.25, 0.3) is 5.91 Å². The Balaban J connectivity index is 2.11. The number of hydrogen-bond acceptors (Lipinski definition) is 5. The van der Waals surface area contributed by atoms with Crippen LogP contribution in [0, 0.1) is 6.92 Å². The van der Waals surface area contributed by atoms with Crippen LogP contribution in [-0.2, 0) is 6.54 Å². The topological polar surface area (TPSA) is 86.8 Å². The Hall–Kier alpha value is -2.44. The monoisotopic (exact) mass is 288 g/mol. The number of aromatic nitrogens is 4. The summed E-state index contributed by atoms with van der Waals surface area (Å²) in [4.78, 5) is 22.4. The number of rotatable bonds is 6. The first-order chi connectivity index (χ1) is 10.1. The highest BCUT2D eigenvalue weighted by atomic mass is 16.2. The van der Waals surface area contributed by atoms with Crippen molar-refractivity contribution in [2.24, 2.45) is 0 Å². The quantitative estimate of drug-likeness (QED) is 0.843. The van der Waals surface area contributed by atoms with Crippen molar-refractivity contribution in [1.29, 1.82) is 0 Å². The molecule has 21 heavy (non-hydrogen) atoms. The molecule has 0 saturated carbocycles. The van der Waals surface area contributed by atoms with Crippen molar-refractivity contribution in [2.45, 2.75) is 26.8 Å². The molecule has 0 fully saturated rings. The number of H-pyrrole nitrogens is 1. The maximum absolute atomic E-state index is 12.5. The van der Waals surface area contributed by atoms with Gasteiger partial charge >= 0.3 is 0 Å². The normalized spacial score (nSPS) is 10.4. The number of hydrogen-bond donors (Lipinski definition) is 2. The zero-order chi connectivity index (χ0) is 15.2. The van der Waals surface area contributed by atoms with E-state index in [0.717, 1.165) is 24.5 Å². The van der Waals surface area contributed by atoms with Crippen LogP contribution in [0.3, 0.4) is 0 Å². The Morgan fingerprint density at radius 1 is 1.48 bits per heavy atom. The summed E-state index contributed by atoms with van der Waals surface area (Å²) in [5, 5.41) is 10.1. The highest BCUT2D eigenvalue weighted by Gasteiger charge is 2.17. The van der Waals surface area contributed by atoms with Crippen molar-refractivity contribution < 1.29 is 4.79 Å². The zero-order valence-electron chi connectivity index (χ0n) is 12.6. The van der Waals surface area contributed by atoms with Crippen LogP contribution in [0.15, 0.2) is 18.5 Å². The molecule has 0 atom stereocenters. The van der Waals surface area contributed by atoms with Crippen molar-refractivity contribution in [3.8, 4) is 0 Å². The minimum atomic E-state index is -0.107. The molecule has 2 aromatic heterocycles. The number of amides is 1. The van der Waals surface area contributed by atoms with Crippen molar-refractivity contribution in [3.63, 3.8) is 0 Å². The number of aryl methyl sites for hydroxylation is 1. The van der Waals surface area contributed by atoms with Gasteiger partial charge < -0.3 is 10.2 Å². The number of aromatic amines is 1. The molecule has 0 spiro atoms. The van der Waals surface area contributed by atoms with Crippen LogP contribution in [0.4, 0.5) is 5.69 Å². The third-order valence-corrected chi connectivity index (χ3v) is 2.99. The number of pyridine rings is 1. The maximum Gasteiger partial charge on any atom is 0.257 e. The summed E-state index contributed by atoms with van der Waals surface area (Å²) in [6, 6.07) is 1.81. The Morgan fingerprint density at radius 3 is 2.95 bits per heavy atom. The predicted molar refractivity (Wildman–Crippen MR) is 79.9 cm³/mol. The van der Waals surface area contributed by atoms with E-state index in [4.69, 9.17) is 0 Å². The van der Waals surface area contributed by atoms with E-state index < -0.39 is 0 Å². The summed E-state index contributed by atoms with van der Waals surface area (Å²) in [6.07, 6.45) is 4.25. The lowest BCUT2D eigenvalue weighted by atomic mass is 10.2. The fourth-order valence-corrected chi connectivity index (χ4v) is 1.93. The second kappa shape index (κ2) is 6.83. The van der Waals surface area contributed by atoms with Crippen molar-refractivity contribution in [3.05, 3.63) is 35.7 Å². The number of carbonyl (C=O) groups excluding carboxylic acids is 1. The number of nitrogens with one attached hydrogen (secondary N) is 2. The minimum absolute atomic E-state index is 0.107. The molecule has 2 N–H and O–H groups in total. The Kier molecular flexibility index (Phi) is 4.86. The van der Waals surface area contributed by atoms with Crippen LogP contribution in [0.5, 0.6) is 0 Å². The summed E-state index contributed by atoms with van der Waals surface area (Å²) in [5.74, 6) is 1.22. The van der Waals surface area contributed by atoms with Crippen molar-refractivity contribution >= 4 is 11.6 Å². The average molecular weight is 288 g/mol. The second-order valence-electron chi connectivity index (χ2n) is 4.85. The third kappa shape index (κ3) is 3.77. The number of anilines is 1. The number of nitrogens with zero attached hydrogens (tertiary/aromatic N) is 4. The summed E-state index contributed by atoms with van der Waals surface area (Å²) >= 11 is 0. The van der Waals surface area contributed by atoms with Gasteiger partial charge in [0.2, 0.25) is 0 Å². The SMILES string of the molecule is CCCNc1ccncc1C(=O)N(C)Cc1n[nH]c(C)n1. The summed E-state index contributed by atoms with van der Waals surface area (Å²) in [6.45, 7) is 5.07. The predicted octanol–water partition coefficient (Wildman–Crippen LogP) is 1.60. The van der Waals surface area contributed by atoms with Gasteiger partial charge in [0.15, 0.2) is 5.82 Å². The highest BCUT2D eigenvalue weighted by molar-refractivity contribution is 5.99. The molecular formula is C14H20N6O. The van der Waals surface area contributed by atoms with Crippen LogP contribution in [0.25, 0.3) is 0 Å². The molecule has 112 valence electrons. The first-order valence-electron chi connectivity index (χ1n) is 6.93. The van der Waals surface area contributed by atoms with Gasteiger partial charge in [0.1, 0.15) is 5.82 Å². The van der Waals surface area contributed by atoms with Gasteiger partial charge in [0.05, 0.1) is 17.8 Å². The van der Waals surface area contributed by atoms with E-state index >= 15 is 0 Å². The van der Waals surface area contributed by atoms with Crippen LogP contribution >= 0.6 is 0 Å². The highest BCUT2D eigenvalue weighted by Crippen LogP contribution is 2.16. The Morgan fingerprint density at radius 2 is 2.29 bits per heavy atom. The van der Waals surface area contributed by atoms with Gasteiger partial charge in [0, 0.05) is 26.0 Å². The molecular weight excluding hydrogens is 268 g/mol. The van der Waals surface area contributed by atoms with Crippen molar-refractivity contribution in [2.75, 3.05) is 18.9 Å². The molecule has 0 saturated heterocycles. The summed E-state index contributed by atoms with van der Waals surface area (Å²) in [7, 11) is 1.73. The molecule has 0 aliphatic carbocycles. The smallest absolute Gasteiger partial charge is 0.257 e. The Labute approximate surface area is 123 Å². The van der Waals surface area contributed by atoms with Crippen LogP contribution in [-0.4, -0.2) is 44.6 Å². The average Bonchev–Trinajstić information content (AvgIpc) is 2.89. The first kappa shape index (κ1) is 15.0. The molecule has 1 amide bonds. The van der Waals surface area contributed by atoms with Gasteiger partial charge in [-0.15, -0.1) is 0 Å². The van der Waals surface area contributed by atoms with E-state index in [2.05, 4.69) is 32.4 Å². The molecule has 0 aliphatic heterocycles. The molecule has 7 heteroatoms. The van der Waals surface area contributed by atoms with Gasteiger partial charge in [-0.3, -0.25) is 14.9 Å². The number of carbonyl (C=O) groups is 1. The largest absolute Gasteiger partial charge is 0.384 e. The van der Waals surface area contributed by atoms with E-state index in [1.54, 1.807) is 24.3 Å². The van der Waals surface area contributed by atoms with E-state index in [-0.39, 0.29) is 5.91 Å². The fourth-order valence-electron chi connectivity index (χ4n) is 1.93. The first-order valence-corrected chi connectivity index (χ1v) is 6.93. The van der Waals surface area contributed by atoms with E-state index in [1.807, 2.05) is 13.0 Å². The minimum Gasteiger partial charge on any atom is -0.384 e. The molecule has 0 radical (unpaired) electrons. The molecule has 0 aromatic carbocycles. The van der Waals surface area contributed by atoms with Crippen LogP contribution < -0.4 is 5.32 Å². The van der Waals surface area contributed by atoms with Crippen molar-refractivity contribution in [1.82, 2.24) is 25.1 Å². The van der Waals surface area contributed by atoms with Crippen LogP contribution in [0.2, 0.25) is 0 Å². The molecule has 7 nitrogen and oxygen atoms in total. The molecule has 2 heterocycles. The van der Waals surface area contributed by atoms with E-state index in [9.17, 15) is 4.79 Å². The van der Waals surface area contributed by atoms with Gasteiger partial charge in [-0.2, -0.15) is 5.10 Å². The molecule has 0 aliphatic rings. The molecule has 2 rings (SSSR count). The summed E-state index contributed by atoms with van der Waals surface area (Å²) in [5.41, 5.74) is 1.36. The van der Waals surface area contributed by atoms with Gasteiger partial charge in [-0.05, 0) is 19.4 Å². The standard InChI is InChI=1S/C14H20N6O/c1-4-6-16-12-5-7-15-8-11(12)14(21)20(3)9-13-17-10(2)18-19-13/h5,7-8H,4,6,9H2,1-3H3,(H,15,16)(H,17,18,19). The third-order valence-electron chi connectivity index (χ3n) is 2.99. The van der Waals surface area contributed by atoms with Crippen LogP contribution in [0.1, 0.15) is 35.4 Å². The maximum atomic E-state index is 12.5. The Bertz CT molecular complexity index is 609. The van der Waals surface area contributed by atoms with E-state index in [0.29, 0.717) is 17.9 Å². The molecule has 0 unspecified atom stereocenters. The molecule has 2 aromatic rings. The lowest BCUT2D eigenvalue weighted by Gasteiger charge is -2.17. The second-order valence-corrected chi connectivity index (χ2v) is 4.85. The zero-order valence-corrected chi connectivity index (χ0v) is 12.6.